The zero-order valence-electron chi connectivity index (χ0n) is 11.9. The lowest BCUT2D eigenvalue weighted by molar-refractivity contribution is 0.0698. The molecule has 0 saturated heterocycles. The maximum atomic E-state index is 12.0. The first-order valence-corrected chi connectivity index (χ1v) is 7.05. The van der Waals surface area contributed by atoms with E-state index in [1.165, 1.54) is 17.4 Å². The molecule has 0 atom stereocenters. The summed E-state index contributed by atoms with van der Waals surface area (Å²) in [6, 6.07) is 4.30. The average molecular weight is 305 g/mol. The molecular weight excluding hydrogens is 290 g/mol. The van der Waals surface area contributed by atoms with E-state index in [0.29, 0.717) is 10.7 Å². The molecule has 0 spiro atoms. The lowest BCUT2D eigenvalue weighted by Gasteiger charge is -2.11. The van der Waals surface area contributed by atoms with E-state index >= 15 is 0 Å². The van der Waals surface area contributed by atoms with E-state index in [9.17, 15) is 9.59 Å². The van der Waals surface area contributed by atoms with Crippen LogP contribution in [0.2, 0.25) is 0 Å². The number of carboxylic acids is 1. The molecule has 2 aromatic rings. The minimum absolute atomic E-state index is 0.0525. The predicted octanol–water partition coefficient (Wildman–Crippen LogP) is 3.41. The summed E-state index contributed by atoms with van der Waals surface area (Å²) in [5.41, 5.74) is 1.87. The third kappa shape index (κ3) is 3.38. The third-order valence-corrected chi connectivity index (χ3v) is 3.98. The van der Waals surface area contributed by atoms with Crippen molar-refractivity contribution in [3.63, 3.8) is 0 Å². The lowest BCUT2D eigenvalue weighted by atomic mass is 10.1. The maximum Gasteiger partial charge on any atom is 0.337 e. The number of carboxylic acid groups (broad SMARTS) is 1. The second kappa shape index (κ2) is 5.92. The van der Waals surface area contributed by atoms with Gasteiger partial charge in [-0.1, -0.05) is 12.1 Å². The molecule has 7 heteroatoms. The highest BCUT2D eigenvalue weighted by atomic mass is 32.1. The Bertz CT molecular complexity index is 690. The number of urea groups is 1. The van der Waals surface area contributed by atoms with Gasteiger partial charge in [-0.05, 0) is 32.4 Å². The number of aromatic nitrogens is 1. The van der Waals surface area contributed by atoms with E-state index < -0.39 is 12.0 Å². The zero-order valence-corrected chi connectivity index (χ0v) is 12.7. The van der Waals surface area contributed by atoms with Gasteiger partial charge in [-0.25, -0.2) is 14.6 Å². The Morgan fingerprint density at radius 3 is 2.48 bits per heavy atom. The predicted molar refractivity (Wildman–Crippen MR) is 82.4 cm³/mol. The van der Waals surface area contributed by atoms with E-state index in [0.717, 1.165) is 10.6 Å². The smallest absolute Gasteiger partial charge is 0.337 e. The average Bonchev–Trinajstić information content (AvgIpc) is 2.70. The van der Waals surface area contributed by atoms with Crippen LogP contribution in [0.1, 0.15) is 26.5 Å². The van der Waals surface area contributed by atoms with Crippen LogP contribution >= 0.6 is 11.3 Å². The summed E-state index contributed by atoms with van der Waals surface area (Å²) in [5.74, 6) is -1.09. The number of aromatic carboxylic acids is 1. The van der Waals surface area contributed by atoms with Gasteiger partial charge in [0.15, 0.2) is 5.13 Å². The molecule has 110 valence electrons. The zero-order chi connectivity index (χ0) is 15.6. The number of para-hydroxylation sites is 1. The second-order valence-corrected chi connectivity index (χ2v) is 5.75. The van der Waals surface area contributed by atoms with Crippen LogP contribution in [0.3, 0.4) is 0 Å². The summed E-state index contributed by atoms with van der Waals surface area (Å²) in [7, 11) is 0. The molecule has 0 unspecified atom stereocenters. The Hall–Kier alpha value is -2.41. The second-order valence-electron chi connectivity index (χ2n) is 4.54. The van der Waals surface area contributed by atoms with Crippen molar-refractivity contribution in [2.75, 3.05) is 10.6 Å². The van der Waals surface area contributed by atoms with Gasteiger partial charge in [-0.15, -0.1) is 11.3 Å². The van der Waals surface area contributed by atoms with Crippen LogP contribution < -0.4 is 10.6 Å². The van der Waals surface area contributed by atoms with Gasteiger partial charge in [0, 0.05) is 4.88 Å². The van der Waals surface area contributed by atoms with Crippen LogP contribution in [0.15, 0.2) is 18.2 Å². The van der Waals surface area contributed by atoms with Crippen molar-refractivity contribution in [2.24, 2.45) is 0 Å². The van der Waals surface area contributed by atoms with Gasteiger partial charge in [-0.3, -0.25) is 5.32 Å². The minimum atomic E-state index is -1.09. The highest BCUT2D eigenvalue weighted by Gasteiger charge is 2.15. The Morgan fingerprint density at radius 1 is 1.19 bits per heavy atom. The Labute approximate surface area is 125 Å². The first-order valence-electron chi connectivity index (χ1n) is 6.23. The highest BCUT2D eigenvalue weighted by molar-refractivity contribution is 7.15. The van der Waals surface area contributed by atoms with Crippen LogP contribution in [0.4, 0.5) is 15.6 Å². The summed E-state index contributed by atoms with van der Waals surface area (Å²) in [5, 5.41) is 14.8. The van der Waals surface area contributed by atoms with Gasteiger partial charge in [0.25, 0.3) is 0 Å². The standard InChI is InChI=1S/C14H15N3O3S/c1-7-5-4-6-10(12(18)19)11(7)16-13(20)17-14-15-8(2)9(3)21-14/h4-6H,1-3H3,(H,18,19)(H2,15,16,17,20). The number of amides is 2. The molecule has 0 aliphatic heterocycles. The number of rotatable bonds is 3. The fourth-order valence-corrected chi connectivity index (χ4v) is 2.59. The molecule has 6 nitrogen and oxygen atoms in total. The molecule has 21 heavy (non-hydrogen) atoms. The Morgan fingerprint density at radius 2 is 1.90 bits per heavy atom. The van der Waals surface area contributed by atoms with Crippen molar-refractivity contribution in [3.05, 3.63) is 39.9 Å². The summed E-state index contributed by atoms with van der Waals surface area (Å²) in [4.78, 5) is 28.4. The van der Waals surface area contributed by atoms with E-state index in [-0.39, 0.29) is 11.3 Å². The van der Waals surface area contributed by atoms with Crippen LogP contribution in [0.25, 0.3) is 0 Å². The molecule has 1 aromatic heterocycles. The number of nitrogens with one attached hydrogen (secondary N) is 2. The summed E-state index contributed by atoms with van der Waals surface area (Å²) in [6.45, 7) is 5.51. The minimum Gasteiger partial charge on any atom is -0.478 e. The van der Waals surface area contributed by atoms with Crippen molar-refractivity contribution in [3.8, 4) is 0 Å². The molecule has 0 bridgehead atoms. The van der Waals surface area contributed by atoms with Gasteiger partial charge in [0.2, 0.25) is 0 Å². The summed E-state index contributed by atoms with van der Waals surface area (Å²) < 4.78 is 0. The summed E-state index contributed by atoms with van der Waals surface area (Å²) in [6.07, 6.45) is 0. The monoisotopic (exact) mass is 305 g/mol. The third-order valence-electron chi connectivity index (χ3n) is 2.99. The lowest BCUT2D eigenvalue weighted by Crippen LogP contribution is -2.21. The van der Waals surface area contributed by atoms with Gasteiger partial charge < -0.3 is 10.4 Å². The topological polar surface area (TPSA) is 91.3 Å². The van der Waals surface area contributed by atoms with Gasteiger partial charge in [0.05, 0.1) is 16.9 Å². The molecule has 2 amide bonds. The maximum absolute atomic E-state index is 12.0. The number of nitrogens with zero attached hydrogens (tertiary/aromatic N) is 1. The van der Waals surface area contributed by atoms with Crippen LogP contribution in [0.5, 0.6) is 0 Å². The van der Waals surface area contributed by atoms with Crippen LogP contribution in [0, 0.1) is 20.8 Å². The van der Waals surface area contributed by atoms with E-state index in [2.05, 4.69) is 15.6 Å². The number of hydrogen-bond donors (Lipinski definition) is 3. The number of aryl methyl sites for hydroxylation is 3. The first-order chi connectivity index (χ1) is 9.88. The Balaban J connectivity index is 2.18. The quantitative estimate of drug-likeness (QED) is 0.810. The van der Waals surface area contributed by atoms with E-state index in [4.69, 9.17) is 5.11 Å². The normalized spacial score (nSPS) is 10.2. The number of thiazole rings is 1. The molecule has 0 radical (unpaired) electrons. The Kier molecular flexibility index (Phi) is 4.23. The fraction of sp³-hybridized carbons (Fsp3) is 0.214. The van der Waals surface area contributed by atoms with Crippen molar-refractivity contribution in [1.82, 2.24) is 4.98 Å². The molecule has 0 saturated carbocycles. The number of carbonyl (C=O) groups excluding carboxylic acids is 1. The molecule has 1 aromatic carbocycles. The number of hydrogen-bond acceptors (Lipinski definition) is 4. The number of benzene rings is 1. The molecule has 0 fully saturated rings. The molecule has 0 aliphatic rings. The van der Waals surface area contributed by atoms with E-state index in [1.807, 2.05) is 13.8 Å². The number of anilines is 2. The number of carbonyl (C=O) groups is 2. The van der Waals surface area contributed by atoms with Crippen LogP contribution in [-0.4, -0.2) is 22.1 Å². The first kappa shape index (κ1) is 15.0. The molecule has 3 N–H and O–H groups in total. The highest BCUT2D eigenvalue weighted by Crippen LogP contribution is 2.23. The SMILES string of the molecule is Cc1cccc(C(=O)O)c1NC(=O)Nc1nc(C)c(C)s1. The van der Waals surface area contributed by atoms with Gasteiger partial charge in [0.1, 0.15) is 0 Å². The molecule has 2 rings (SSSR count). The van der Waals surface area contributed by atoms with Crippen molar-refractivity contribution >= 4 is 34.2 Å². The van der Waals surface area contributed by atoms with Crippen molar-refractivity contribution in [2.45, 2.75) is 20.8 Å². The largest absolute Gasteiger partial charge is 0.478 e. The van der Waals surface area contributed by atoms with E-state index in [1.54, 1.807) is 19.1 Å². The van der Waals surface area contributed by atoms with Gasteiger partial charge >= 0.3 is 12.0 Å². The molecule has 1 heterocycles. The van der Waals surface area contributed by atoms with Crippen molar-refractivity contribution < 1.29 is 14.7 Å². The molecule has 0 aliphatic carbocycles. The summed E-state index contributed by atoms with van der Waals surface area (Å²) >= 11 is 1.37. The molecular formula is C14H15N3O3S. The fourth-order valence-electron chi connectivity index (χ4n) is 1.78. The van der Waals surface area contributed by atoms with Crippen LogP contribution in [-0.2, 0) is 0 Å². The van der Waals surface area contributed by atoms with Crippen molar-refractivity contribution in [1.29, 1.82) is 0 Å². The van der Waals surface area contributed by atoms with Gasteiger partial charge in [-0.2, -0.15) is 0 Å².